The molecule has 1 aliphatic heterocycles. The van der Waals surface area contributed by atoms with Crippen LogP contribution >= 0.6 is 11.3 Å². The van der Waals surface area contributed by atoms with E-state index in [4.69, 9.17) is 14.2 Å². The molecule has 3 rings (SSSR count). The Morgan fingerprint density at radius 3 is 2.89 bits per heavy atom. The van der Waals surface area contributed by atoms with Crippen LogP contribution in [0.2, 0.25) is 0 Å². The highest BCUT2D eigenvalue weighted by molar-refractivity contribution is 7.13. The van der Waals surface area contributed by atoms with Crippen molar-refractivity contribution in [2.75, 3.05) is 20.3 Å². The van der Waals surface area contributed by atoms with E-state index in [9.17, 15) is 4.39 Å². The minimum absolute atomic E-state index is 0.353. The number of hydrogen-bond acceptors (Lipinski definition) is 5. The summed E-state index contributed by atoms with van der Waals surface area (Å²) in [6.45, 7) is 1.11. The lowest BCUT2D eigenvalue weighted by Crippen LogP contribution is -1.98. The highest BCUT2D eigenvalue weighted by Crippen LogP contribution is 2.36. The zero-order valence-corrected chi connectivity index (χ0v) is 11.1. The molecule has 100 valence electrons. The van der Waals surface area contributed by atoms with Gasteiger partial charge in [0, 0.05) is 5.38 Å². The van der Waals surface area contributed by atoms with Crippen molar-refractivity contribution in [3.8, 4) is 16.3 Å². The van der Waals surface area contributed by atoms with Crippen LogP contribution in [0.25, 0.3) is 10.6 Å². The lowest BCUT2D eigenvalue weighted by Gasteiger charge is -2.07. The summed E-state index contributed by atoms with van der Waals surface area (Å²) >= 11 is 1.34. The van der Waals surface area contributed by atoms with E-state index in [0.29, 0.717) is 35.2 Å². The van der Waals surface area contributed by atoms with Gasteiger partial charge in [-0.25, -0.2) is 9.37 Å². The largest absolute Gasteiger partial charge is 0.496 e. The van der Waals surface area contributed by atoms with Gasteiger partial charge in [-0.2, -0.15) is 0 Å². The molecule has 0 aliphatic carbocycles. The van der Waals surface area contributed by atoms with Crippen LogP contribution in [0.3, 0.4) is 0 Å². The Morgan fingerprint density at radius 2 is 2.16 bits per heavy atom. The molecule has 1 aromatic carbocycles. The Balaban J connectivity index is 1.98. The van der Waals surface area contributed by atoms with Gasteiger partial charge in [0.15, 0.2) is 0 Å². The average Bonchev–Trinajstić information content (AvgIpc) is 3.08. The van der Waals surface area contributed by atoms with E-state index in [1.165, 1.54) is 24.5 Å². The molecule has 4 nitrogen and oxygen atoms in total. The first-order valence-corrected chi connectivity index (χ1v) is 6.69. The molecule has 0 saturated carbocycles. The molecule has 19 heavy (non-hydrogen) atoms. The van der Waals surface area contributed by atoms with E-state index in [0.717, 1.165) is 0 Å². The number of nitrogens with zero attached hydrogens (tertiary/aromatic N) is 1. The van der Waals surface area contributed by atoms with E-state index in [2.05, 4.69) is 4.98 Å². The van der Waals surface area contributed by atoms with E-state index in [-0.39, 0.29) is 5.82 Å². The molecule has 0 radical (unpaired) electrons. The maximum Gasteiger partial charge on any atom is 0.202 e. The summed E-state index contributed by atoms with van der Waals surface area (Å²) in [6, 6.07) is 4.71. The summed E-state index contributed by atoms with van der Waals surface area (Å²) in [5.74, 6) is 0.114. The molecule has 0 unspecified atom stereocenters. The maximum absolute atomic E-state index is 13.9. The molecule has 1 aromatic heterocycles. The molecule has 0 spiro atoms. The van der Waals surface area contributed by atoms with Crippen LogP contribution in [-0.4, -0.2) is 25.3 Å². The van der Waals surface area contributed by atoms with Crippen molar-refractivity contribution in [3.05, 3.63) is 35.1 Å². The first-order valence-electron chi connectivity index (χ1n) is 5.81. The molecule has 0 bridgehead atoms. The molecule has 1 aliphatic rings. The van der Waals surface area contributed by atoms with Crippen molar-refractivity contribution in [2.24, 2.45) is 0 Å². The number of thiazole rings is 1. The van der Waals surface area contributed by atoms with Crippen molar-refractivity contribution >= 4 is 11.3 Å². The van der Waals surface area contributed by atoms with Crippen molar-refractivity contribution in [1.82, 2.24) is 4.98 Å². The first-order chi connectivity index (χ1) is 9.29. The minimum atomic E-state index is -0.442. The highest BCUT2D eigenvalue weighted by Gasteiger charge is 2.23. The summed E-state index contributed by atoms with van der Waals surface area (Å²) in [6.07, 6.45) is -0.442. The zero-order chi connectivity index (χ0) is 13.2. The van der Waals surface area contributed by atoms with Crippen molar-refractivity contribution in [3.63, 3.8) is 0 Å². The molecule has 0 amide bonds. The third-order valence-electron chi connectivity index (χ3n) is 2.79. The predicted octanol–water partition coefficient (Wildman–Crippen LogP) is 3.00. The van der Waals surface area contributed by atoms with Gasteiger partial charge in [-0.3, -0.25) is 0 Å². The van der Waals surface area contributed by atoms with Gasteiger partial charge in [0.2, 0.25) is 6.29 Å². The van der Waals surface area contributed by atoms with Crippen LogP contribution in [0.4, 0.5) is 4.39 Å². The van der Waals surface area contributed by atoms with E-state index in [1.807, 2.05) is 5.38 Å². The Bertz CT molecular complexity index is 581. The van der Waals surface area contributed by atoms with Gasteiger partial charge in [0.25, 0.3) is 0 Å². The van der Waals surface area contributed by atoms with E-state index >= 15 is 0 Å². The fraction of sp³-hybridized carbons (Fsp3) is 0.308. The third-order valence-corrected chi connectivity index (χ3v) is 3.67. The topological polar surface area (TPSA) is 40.6 Å². The van der Waals surface area contributed by atoms with Crippen molar-refractivity contribution < 1.29 is 18.6 Å². The summed E-state index contributed by atoms with van der Waals surface area (Å²) in [5.41, 5.74) is 1.04. The van der Waals surface area contributed by atoms with Crippen LogP contribution in [0, 0.1) is 5.82 Å². The molecular weight excluding hydrogens is 269 g/mol. The van der Waals surface area contributed by atoms with Gasteiger partial charge in [0.05, 0.1) is 25.9 Å². The number of hydrogen-bond donors (Lipinski definition) is 0. The Kier molecular flexibility index (Phi) is 3.46. The predicted molar refractivity (Wildman–Crippen MR) is 68.7 cm³/mol. The smallest absolute Gasteiger partial charge is 0.202 e. The van der Waals surface area contributed by atoms with Crippen LogP contribution < -0.4 is 4.74 Å². The van der Waals surface area contributed by atoms with Crippen LogP contribution in [0.15, 0.2) is 23.6 Å². The van der Waals surface area contributed by atoms with Crippen LogP contribution in [0.1, 0.15) is 12.0 Å². The summed E-state index contributed by atoms with van der Waals surface area (Å²) in [4.78, 5) is 4.38. The summed E-state index contributed by atoms with van der Waals surface area (Å²) in [5, 5.41) is 2.38. The van der Waals surface area contributed by atoms with E-state index in [1.54, 1.807) is 12.1 Å². The quantitative estimate of drug-likeness (QED) is 0.867. The number of ether oxygens (including phenoxy) is 3. The van der Waals surface area contributed by atoms with Gasteiger partial charge in [0.1, 0.15) is 22.3 Å². The molecule has 1 saturated heterocycles. The van der Waals surface area contributed by atoms with Gasteiger partial charge in [-0.05, 0) is 12.1 Å². The second kappa shape index (κ2) is 5.24. The lowest BCUT2D eigenvalue weighted by atomic mass is 10.2. The molecule has 6 heteroatoms. The Labute approximate surface area is 113 Å². The maximum atomic E-state index is 13.9. The number of rotatable bonds is 3. The summed E-state index contributed by atoms with van der Waals surface area (Å²) < 4.78 is 29.9. The average molecular weight is 281 g/mol. The zero-order valence-electron chi connectivity index (χ0n) is 10.3. The second-order valence-corrected chi connectivity index (χ2v) is 4.83. The number of halogens is 1. The SMILES string of the molecule is COc1cccc(F)c1-c1nc(C2OCCO2)cs1. The first kappa shape index (κ1) is 12.5. The van der Waals surface area contributed by atoms with E-state index < -0.39 is 6.29 Å². The molecule has 0 atom stereocenters. The third kappa shape index (κ3) is 2.34. The second-order valence-electron chi connectivity index (χ2n) is 3.97. The summed E-state index contributed by atoms with van der Waals surface area (Å²) in [7, 11) is 1.51. The number of methoxy groups -OCH3 is 1. The van der Waals surface area contributed by atoms with Gasteiger partial charge >= 0.3 is 0 Å². The molecular formula is C13H12FNO3S. The molecule has 1 fully saturated rings. The fourth-order valence-corrected chi connectivity index (χ4v) is 2.79. The van der Waals surface area contributed by atoms with Gasteiger partial charge in [-0.1, -0.05) is 6.07 Å². The van der Waals surface area contributed by atoms with Crippen molar-refractivity contribution in [2.45, 2.75) is 6.29 Å². The number of benzene rings is 1. The standard InChI is InChI=1S/C13H12FNO3S/c1-16-10-4-2-3-8(14)11(10)12-15-9(7-19-12)13-17-5-6-18-13/h2-4,7,13H,5-6H2,1H3. The Hall–Kier alpha value is -1.50. The van der Waals surface area contributed by atoms with Crippen molar-refractivity contribution in [1.29, 1.82) is 0 Å². The minimum Gasteiger partial charge on any atom is -0.496 e. The normalized spacial score (nSPS) is 15.9. The van der Waals surface area contributed by atoms with Crippen LogP contribution in [-0.2, 0) is 9.47 Å². The fourth-order valence-electron chi connectivity index (χ4n) is 1.92. The number of aromatic nitrogens is 1. The lowest BCUT2D eigenvalue weighted by molar-refractivity contribution is -0.0468. The molecule has 2 aromatic rings. The molecule has 2 heterocycles. The van der Waals surface area contributed by atoms with Crippen LogP contribution in [0.5, 0.6) is 5.75 Å². The van der Waals surface area contributed by atoms with Gasteiger partial charge in [-0.15, -0.1) is 11.3 Å². The molecule has 0 N–H and O–H groups in total. The Morgan fingerprint density at radius 1 is 1.37 bits per heavy atom. The monoisotopic (exact) mass is 281 g/mol. The van der Waals surface area contributed by atoms with Gasteiger partial charge < -0.3 is 14.2 Å². The highest BCUT2D eigenvalue weighted by atomic mass is 32.1.